The lowest BCUT2D eigenvalue weighted by Crippen LogP contribution is -2.30. The van der Waals surface area contributed by atoms with Crippen molar-refractivity contribution in [1.82, 2.24) is 9.78 Å². The number of aromatic nitrogens is 2. The van der Waals surface area contributed by atoms with E-state index in [1.165, 1.54) is 7.05 Å². The maximum absolute atomic E-state index is 12.2. The van der Waals surface area contributed by atoms with Crippen LogP contribution in [0.15, 0.2) is 35.1 Å². The van der Waals surface area contributed by atoms with Crippen molar-refractivity contribution >= 4 is 12.0 Å². The van der Waals surface area contributed by atoms with Gasteiger partial charge in [-0.2, -0.15) is 0 Å². The van der Waals surface area contributed by atoms with Crippen molar-refractivity contribution < 1.29 is 9.53 Å². The molecular formula is C16H17N3O3. The Bertz CT molecular complexity index is 740. The van der Waals surface area contributed by atoms with Crippen LogP contribution in [-0.2, 0) is 13.6 Å². The molecule has 6 heteroatoms. The number of aryl methyl sites for hydroxylation is 1. The Labute approximate surface area is 127 Å². The SMILES string of the molecule is Cn1nc2c(c(C=O)c1=O)N(Cc1ccccc1)CCCO2. The Morgan fingerprint density at radius 3 is 2.82 bits per heavy atom. The van der Waals surface area contributed by atoms with E-state index >= 15 is 0 Å². The number of anilines is 1. The summed E-state index contributed by atoms with van der Waals surface area (Å²) in [7, 11) is 1.52. The highest BCUT2D eigenvalue weighted by atomic mass is 16.5. The third-order valence-corrected chi connectivity index (χ3v) is 3.68. The topological polar surface area (TPSA) is 64.4 Å². The summed E-state index contributed by atoms with van der Waals surface area (Å²) in [6.45, 7) is 1.83. The van der Waals surface area contributed by atoms with Crippen LogP contribution in [0.2, 0.25) is 0 Å². The second-order valence-corrected chi connectivity index (χ2v) is 5.22. The number of hydrogen-bond donors (Lipinski definition) is 0. The van der Waals surface area contributed by atoms with Crippen LogP contribution in [0.5, 0.6) is 5.88 Å². The average molecular weight is 299 g/mol. The normalized spacial score (nSPS) is 14.0. The molecule has 0 bridgehead atoms. The van der Waals surface area contributed by atoms with E-state index in [2.05, 4.69) is 5.10 Å². The molecular weight excluding hydrogens is 282 g/mol. The summed E-state index contributed by atoms with van der Waals surface area (Å²) in [6.07, 6.45) is 1.40. The molecule has 0 radical (unpaired) electrons. The van der Waals surface area contributed by atoms with E-state index in [0.717, 1.165) is 16.7 Å². The first-order chi connectivity index (χ1) is 10.7. The second kappa shape index (κ2) is 6.01. The molecule has 0 spiro atoms. The molecule has 3 rings (SSSR count). The van der Waals surface area contributed by atoms with Crippen molar-refractivity contribution in [1.29, 1.82) is 0 Å². The molecule has 2 aromatic rings. The van der Waals surface area contributed by atoms with Crippen LogP contribution in [0.3, 0.4) is 0 Å². The summed E-state index contributed by atoms with van der Waals surface area (Å²) < 4.78 is 6.77. The maximum atomic E-state index is 12.2. The van der Waals surface area contributed by atoms with Crippen molar-refractivity contribution in [2.75, 3.05) is 18.1 Å². The van der Waals surface area contributed by atoms with Gasteiger partial charge in [0.05, 0.1) is 6.61 Å². The van der Waals surface area contributed by atoms with Gasteiger partial charge < -0.3 is 9.64 Å². The molecule has 1 aliphatic heterocycles. The van der Waals surface area contributed by atoms with Crippen LogP contribution in [0.4, 0.5) is 5.69 Å². The summed E-state index contributed by atoms with van der Waals surface area (Å²) >= 11 is 0. The Morgan fingerprint density at radius 2 is 2.09 bits per heavy atom. The van der Waals surface area contributed by atoms with Crippen molar-refractivity contribution in [3.63, 3.8) is 0 Å². The highest BCUT2D eigenvalue weighted by Gasteiger charge is 2.25. The third-order valence-electron chi connectivity index (χ3n) is 3.68. The molecule has 114 valence electrons. The summed E-state index contributed by atoms with van der Waals surface area (Å²) in [5.74, 6) is 0.345. The van der Waals surface area contributed by atoms with Gasteiger partial charge in [0.15, 0.2) is 6.29 Å². The van der Waals surface area contributed by atoms with Gasteiger partial charge in [0, 0.05) is 20.1 Å². The van der Waals surface area contributed by atoms with E-state index in [1.54, 1.807) is 0 Å². The summed E-state index contributed by atoms with van der Waals surface area (Å²) in [6, 6.07) is 9.92. The van der Waals surface area contributed by atoms with Crippen LogP contribution >= 0.6 is 0 Å². The number of ether oxygens (including phenoxy) is 1. The number of nitrogens with zero attached hydrogens (tertiary/aromatic N) is 3. The van der Waals surface area contributed by atoms with Gasteiger partial charge >= 0.3 is 0 Å². The van der Waals surface area contributed by atoms with Crippen molar-refractivity contribution in [3.05, 3.63) is 51.8 Å². The Morgan fingerprint density at radius 1 is 1.32 bits per heavy atom. The van der Waals surface area contributed by atoms with E-state index in [1.807, 2.05) is 35.2 Å². The van der Waals surface area contributed by atoms with Gasteiger partial charge in [-0.3, -0.25) is 9.59 Å². The summed E-state index contributed by atoms with van der Waals surface area (Å²) in [5.41, 5.74) is 1.30. The first kappa shape index (κ1) is 14.3. The van der Waals surface area contributed by atoms with E-state index in [0.29, 0.717) is 37.5 Å². The molecule has 6 nitrogen and oxygen atoms in total. The molecule has 2 heterocycles. The summed E-state index contributed by atoms with van der Waals surface area (Å²) in [4.78, 5) is 25.6. The van der Waals surface area contributed by atoms with Gasteiger partial charge in [0.1, 0.15) is 11.3 Å². The van der Waals surface area contributed by atoms with E-state index in [-0.39, 0.29) is 5.56 Å². The first-order valence-corrected chi connectivity index (χ1v) is 7.19. The molecule has 0 aliphatic carbocycles. The third kappa shape index (κ3) is 2.59. The molecule has 0 amide bonds. The standard InChI is InChI=1S/C16H17N3O3/c1-18-16(21)13(11-20)14-15(17-18)22-9-5-8-19(14)10-12-6-3-2-4-7-12/h2-4,6-7,11H,5,8-10H2,1H3. The van der Waals surface area contributed by atoms with Gasteiger partial charge in [0.25, 0.3) is 11.4 Å². The van der Waals surface area contributed by atoms with Gasteiger partial charge in [-0.25, -0.2) is 4.68 Å². The zero-order chi connectivity index (χ0) is 15.5. The van der Waals surface area contributed by atoms with Crippen LogP contribution < -0.4 is 15.2 Å². The summed E-state index contributed by atoms with van der Waals surface area (Å²) in [5, 5.41) is 4.16. The molecule has 0 atom stereocenters. The highest BCUT2D eigenvalue weighted by molar-refractivity contribution is 5.86. The predicted molar refractivity (Wildman–Crippen MR) is 82.5 cm³/mol. The lowest BCUT2D eigenvalue weighted by Gasteiger charge is -2.24. The molecule has 22 heavy (non-hydrogen) atoms. The minimum absolute atomic E-state index is 0.102. The monoisotopic (exact) mass is 299 g/mol. The van der Waals surface area contributed by atoms with Gasteiger partial charge in [-0.1, -0.05) is 30.3 Å². The fourth-order valence-corrected chi connectivity index (χ4v) is 2.63. The molecule has 1 aliphatic rings. The molecule has 1 aromatic heterocycles. The second-order valence-electron chi connectivity index (χ2n) is 5.22. The molecule has 0 saturated heterocycles. The number of fused-ring (bicyclic) bond motifs is 1. The molecule has 0 unspecified atom stereocenters. The predicted octanol–water partition coefficient (Wildman–Crippen LogP) is 1.38. The maximum Gasteiger partial charge on any atom is 0.279 e. The van der Waals surface area contributed by atoms with Gasteiger partial charge in [-0.05, 0) is 12.0 Å². The molecule has 0 N–H and O–H groups in total. The fourth-order valence-electron chi connectivity index (χ4n) is 2.63. The molecule has 0 fully saturated rings. The van der Waals surface area contributed by atoms with E-state index < -0.39 is 5.56 Å². The lowest BCUT2D eigenvalue weighted by molar-refractivity contribution is 0.112. The number of carbonyl (C=O) groups is 1. The number of hydrogen-bond acceptors (Lipinski definition) is 5. The Kier molecular flexibility index (Phi) is 3.91. The largest absolute Gasteiger partial charge is 0.475 e. The Balaban J connectivity index is 2.09. The first-order valence-electron chi connectivity index (χ1n) is 7.19. The van der Waals surface area contributed by atoms with Crippen LogP contribution in [0, 0.1) is 0 Å². The minimum Gasteiger partial charge on any atom is -0.475 e. The zero-order valence-electron chi connectivity index (χ0n) is 12.4. The van der Waals surface area contributed by atoms with Crippen LogP contribution in [0.25, 0.3) is 0 Å². The quantitative estimate of drug-likeness (QED) is 0.801. The highest BCUT2D eigenvalue weighted by Crippen LogP contribution is 2.31. The van der Waals surface area contributed by atoms with Crippen molar-refractivity contribution in [2.45, 2.75) is 13.0 Å². The smallest absolute Gasteiger partial charge is 0.279 e. The molecule has 1 aromatic carbocycles. The average Bonchev–Trinajstić information content (AvgIpc) is 2.72. The minimum atomic E-state index is -0.405. The van der Waals surface area contributed by atoms with Gasteiger partial charge in [0.2, 0.25) is 0 Å². The zero-order valence-corrected chi connectivity index (χ0v) is 12.4. The number of rotatable bonds is 3. The van der Waals surface area contributed by atoms with Crippen molar-refractivity contribution in [2.24, 2.45) is 7.05 Å². The van der Waals surface area contributed by atoms with Crippen LogP contribution in [-0.4, -0.2) is 29.2 Å². The molecule has 0 saturated carbocycles. The van der Waals surface area contributed by atoms with E-state index in [9.17, 15) is 9.59 Å². The Hall–Kier alpha value is -2.63. The number of carbonyl (C=O) groups excluding carboxylic acids is 1. The lowest BCUT2D eigenvalue weighted by atomic mass is 10.1. The fraction of sp³-hybridized carbons (Fsp3) is 0.312. The number of benzene rings is 1. The van der Waals surface area contributed by atoms with Crippen LogP contribution in [0.1, 0.15) is 22.3 Å². The van der Waals surface area contributed by atoms with E-state index in [4.69, 9.17) is 4.74 Å². The van der Waals surface area contributed by atoms with Crippen molar-refractivity contribution in [3.8, 4) is 5.88 Å². The van der Waals surface area contributed by atoms with Gasteiger partial charge in [-0.15, -0.1) is 5.10 Å². The number of aldehydes is 1.